The first-order valence-corrected chi connectivity index (χ1v) is 10.2. The van der Waals surface area contributed by atoms with Crippen LogP contribution in [0.1, 0.15) is 25.1 Å². The van der Waals surface area contributed by atoms with Gasteiger partial charge in [0.1, 0.15) is 24.8 Å². The molecule has 0 aliphatic heterocycles. The largest absolute Gasteiger partial charge is 0.492 e. The van der Waals surface area contributed by atoms with Crippen molar-refractivity contribution in [3.63, 3.8) is 0 Å². The van der Waals surface area contributed by atoms with Gasteiger partial charge < -0.3 is 19.4 Å². The van der Waals surface area contributed by atoms with E-state index in [1.807, 2.05) is 42.5 Å². The molecule has 1 heterocycles. The number of aryl methyl sites for hydroxylation is 1. The van der Waals surface area contributed by atoms with Gasteiger partial charge in [0.05, 0.1) is 17.6 Å². The molecule has 0 aliphatic carbocycles. The summed E-state index contributed by atoms with van der Waals surface area (Å²) in [6.07, 6.45) is 3.93. The van der Waals surface area contributed by atoms with Crippen LogP contribution in [-0.4, -0.2) is 42.3 Å². The van der Waals surface area contributed by atoms with Crippen LogP contribution in [0.3, 0.4) is 0 Å². The van der Waals surface area contributed by atoms with Gasteiger partial charge in [-0.3, -0.25) is 4.79 Å². The second kappa shape index (κ2) is 11.2. The van der Waals surface area contributed by atoms with Crippen molar-refractivity contribution >= 4 is 16.9 Å². The second-order valence-electron chi connectivity index (χ2n) is 6.92. The number of amides is 1. The number of aromatic nitrogens is 2. The third kappa shape index (κ3) is 6.32. The van der Waals surface area contributed by atoms with Crippen molar-refractivity contribution < 1.29 is 14.3 Å². The number of methoxy groups -OCH3 is 1. The molecule has 0 spiro atoms. The van der Waals surface area contributed by atoms with E-state index in [1.54, 1.807) is 0 Å². The summed E-state index contributed by atoms with van der Waals surface area (Å²) in [5, 5.41) is 2.86. The fraction of sp³-hybridized carbons (Fsp3) is 0.391. The van der Waals surface area contributed by atoms with Crippen LogP contribution < -0.4 is 10.1 Å². The first-order chi connectivity index (χ1) is 14.3. The van der Waals surface area contributed by atoms with Gasteiger partial charge in [0.2, 0.25) is 5.91 Å². The summed E-state index contributed by atoms with van der Waals surface area (Å²) < 4.78 is 13.0. The van der Waals surface area contributed by atoms with Crippen LogP contribution >= 0.6 is 0 Å². The Labute approximate surface area is 171 Å². The number of nitrogens with one attached hydrogen (secondary N) is 1. The number of nitrogens with zero attached hydrogens (tertiary/aromatic N) is 2. The van der Waals surface area contributed by atoms with Crippen molar-refractivity contribution in [2.75, 3.05) is 26.9 Å². The van der Waals surface area contributed by atoms with Gasteiger partial charge in [-0.15, -0.1) is 0 Å². The first kappa shape index (κ1) is 20.9. The summed E-state index contributed by atoms with van der Waals surface area (Å²) in [5.74, 6) is 1.91. The van der Waals surface area contributed by atoms with E-state index in [-0.39, 0.29) is 12.5 Å². The van der Waals surface area contributed by atoms with E-state index in [0.29, 0.717) is 13.2 Å². The van der Waals surface area contributed by atoms with E-state index < -0.39 is 0 Å². The molecule has 0 radical (unpaired) electrons. The van der Waals surface area contributed by atoms with Crippen molar-refractivity contribution in [2.45, 2.75) is 32.2 Å². The molecular weight excluding hydrogens is 366 g/mol. The number of fused-ring (bicyclic) bond motifs is 1. The molecule has 0 bridgehead atoms. The summed E-state index contributed by atoms with van der Waals surface area (Å²) in [7, 11) is 1.52. The molecule has 2 aromatic carbocycles. The molecule has 1 N–H and O–H groups in total. The van der Waals surface area contributed by atoms with E-state index in [2.05, 4.69) is 22.0 Å². The van der Waals surface area contributed by atoms with E-state index in [0.717, 1.165) is 54.8 Å². The fourth-order valence-corrected chi connectivity index (χ4v) is 3.33. The Balaban J connectivity index is 1.52. The van der Waals surface area contributed by atoms with Crippen molar-refractivity contribution in [1.82, 2.24) is 14.9 Å². The number of carbonyl (C=O) groups excluding carboxylic acids is 1. The lowest BCUT2D eigenvalue weighted by Gasteiger charge is -2.11. The van der Waals surface area contributed by atoms with Crippen molar-refractivity contribution in [3.05, 3.63) is 60.4 Å². The highest BCUT2D eigenvalue weighted by atomic mass is 16.5. The quantitative estimate of drug-likeness (QED) is 0.476. The Morgan fingerprint density at radius 2 is 1.83 bits per heavy atom. The van der Waals surface area contributed by atoms with Gasteiger partial charge in [-0.05, 0) is 37.1 Å². The maximum absolute atomic E-state index is 11.4. The standard InChI is InChI=1S/C23H29N3O3/c1-28-18-23(27)24-15-9-3-6-14-22-25-20-12-7-8-13-21(20)26(22)16-17-29-19-10-4-2-5-11-19/h2,4-5,7-8,10-13H,3,6,9,14-18H2,1H3,(H,24,27). The third-order valence-electron chi connectivity index (χ3n) is 4.74. The second-order valence-corrected chi connectivity index (χ2v) is 6.92. The number of para-hydroxylation sites is 3. The zero-order chi connectivity index (χ0) is 20.3. The van der Waals surface area contributed by atoms with Crippen LogP contribution in [0.15, 0.2) is 54.6 Å². The first-order valence-electron chi connectivity index (χ1n) is 10.2. The van der Waals surface area contributed by atoms with E-state index in [4.69, 9.17) is 14.5 Å². The zero-order valence-corrected chi connectivity index (χ0v) is 17.0. The molecule has 3 aromatic rings. The third-order valence-corrected chi connectivity index (χ3v) is 4.74. The molecule has 6 nitrogen and oxygen atoms in total. The smallest absolute Gasteiger partial charge is 0.245 e. The van der Waals surface area contributed by atoms with E-state index in [1.165, 1.54) is 7.11 Å². The minimum Gasteiger partial charge on any atom is -0.492 e. The Morgan fingerprint density at radius 3 is 2.66 bits per heavy atom. The van der Waals surface area contributed by atoms with Gasteiger partial charge in [-0.1, -0.05) is 36.8 Å². The van der Waals surface area contributed by atoms with Crippen LogP contribution in [0.25, 0.3) is 11.0 Å². The molecule has 0 unspecified atom stereocenters. The number of rotatable bonds is 12. The summed E-state index contributed by atoms with van der Waals surface area (Å²) in [4.78, 5) is 16.2. The molecule has 0 saturated carbocycles. The summed E-state index contributed by atoms with van der Waals surface area (Å²) >= 11 is 0. The highest BCUT2D eigenvalue weighted by molar-refractivity contribution is 5.77. The van der Waals surface area contributed by atoms with Crippen LogP contribution in [0, 0.1) is 0 Å². The minimum atomic E-state index is -0.0623. The highest BCUT2D eigenvalue weighted by Crippen LogP contribution is 2.18. The van der Waals surface area contributed by atoms with Crippen LogP contribution in [0.4, 0.5) is 0 Å². The van der Waals surface area contributed by atoms with Gasteiger partial charge in [0.25, 0.3) is 0 Å². The Kier molecular flexibility index (Phi) is 8.07. The van der Waals surface area contributed by atoms with Gasteiger partial charge >= 0.3 is 0 Å². The lowest BCUT2D eigenvalue weighted by Crippen LogP contribution is -2.27. The molecule has 0 atom stereocenters. The summed E-state index contributed by atoms with van der Waals surface area (Å²) in [6.45, 7) is 2.17. The predicted molar refractivity (Wildman–Crippen MR) is 114 cm³/mol. The molecule has 0 fully saturated rings. The number of carbonyl (C=O) groups is 1. The van der Waals surface area contributed by atoms with Crippen LogP contribution in [-0.2, 0) is 22.5 Å². The molecule has 0 saturated heterocycles. The lowest BCUT2D eigenvalue weighted by molar-refractivity contribution is -0.124. The topological polar surface area (TPSA) is 65.4 Å². The molecule has 1 aromatic heterocycles. The molecule has 29 heavy (non-hydrogen) atoms. The number of unbranched alkanes of at least 4 members (excludes halogenated alkanes) is 2. The number of hydrogen-bond acceptors (Lipinski definition) is 4. The number of ether oxygens (including phenoxy) is 2. The van der Waals surface area contributed by atoms with Gasteiger partial charge in [-0.25, -0.2) is 4.98 Å². The lowest BCUT2D eigenvalue weighted by atomic mass is 10.2. The SMILES string of the molecule is COCC(=O)NCCCCCc1nc2ccccc2n1CCOc1ccccc1. The Hall–Kier alpha value is -2.86. The molecule has 154 valence electrons. The van der Waals surface area contributed by atoms with Gasteiger partial charge in [0, 0.05) is 20.1 Å². The van der Waals surface area contributed by atoms with Crippen molar-refractivity contribution in [1.29, 1.82) is 0 Å². The fourth-order valence-electron chi connectivity index (χ4n) is 3.33. The van der Waals surface area contributed by atoms with E-state index in [9.17, 15) is 4.79 Å². The van der Waals surface area contributed by atoms with Crippen molar-refractivity contribution in [2.24, 2.45) is 0 Å². The molecular formula is C23H29N3O3. The number of hydrogen-bond donors (Lipinski definition) is 1. The molecule has 0 aliphatic rings. The number of imidazole rings is 1. The Bertz CT molecular complexity index is 893. The minimum absolute atomic E-state index is 0.0623. The predicted octanol–water partition coefficient (Wildman–Crippen LogP) is 3.59. The maximum atomic E-state index is 11.4. The average Bonchev–Trinajstić information content (AvgIpc) is 3.09. The van der Waals surface area contributed by atoms with E-state index >= 15 is 0 Å². The zero-order valence-electron chi connectivity index (χ0n) is 17.0. The molecule has 6 heteroatoms. The molecule has 1 amide bonds. The molecule has 3 rings (SSSR count). The highest BCUT2D eigenvalue weighted by Gasteiger charge is 2.10. The monoisotopic (exact) mass is 395 g/mol. The Morgan fingerprint density at radius 1 is 1.03 bits per heavy atom. The maximum Gasteiger partial charge on any atom is 0.245 e. The summed E-state index contributed by atoms with van der Waals surface area (Å²) in [5.41, 5.74) is 2.17. The van der Waals surface area contributed by atoms with Crippen molar-refractivity contribution in [3.8, 4) is 5.75 Å². The van der Waals surface area contributed by atoms with Gasteiger partial charge in [0.15, 0.2) is 0 Å². The average molecular weight is 396 g/mol. The summed E-state index contributed by atoms with van der Waals surface area (Å²) in [6, 6.07) is 18.1. The van der Waals surface area contributed by atoms with Crippen LogP contribution in [0.5, 0.6) is 5.75 Å². The van der Waals surface area contributed by atoms with Gasteiger partial charge in [-0.2, -0.15) is 0 Å². The van der Waals surface area contributed by atoms with Crippen LogP contribution in [0.2, 0.25) is 0 Å². The number of benzene rings is 2. The normalized spacial score (nSPS) is 10.9.